The highest BCUT2D eigenvalue weighted by Crippen LogP contribution is 2.15. The van der Waals surface area contributed by atoms with Crippen LogP contribution in [0.5, 0.6) is 0 Å². The number of H-pyrrole nitrogens is 1. The van der Waals surface area contributed by atoms with Gasteiger partial charge in [-0.05, 0) is 18.2 Å². The molecule has 1 aromatic carbocycles. The molecule has 0 spiro atoms. The SMILES string of the molecule is Fc1ccc2nc(NCC3CNCCO3)[nH]c2c1. The maximum absolute atomic E-state index is 13.0. The lowest BCUT2D eigenvalue weighted by molar-refractivity contribution is 0.0371. The van der Waals surface area contributed by atoms with Crippen LogP contribution in [0.2, 0.25) is 0 Å². The van der Waals surface area contributed by atoms with Gasteiger partial charge in [-0.1, -0.05) is 0 Å². The fraction of sp³-hybridized carbons (Fsp3) is 0.417. The summed E-state index contributed by atoms with van der Waals surface area (Å²) in [5.74, 6) is 0.377. The van der Waals surface area contributed by atoms with E-state index in [1.54, 1.807) is 6.07 Å². The number of halogens is 1. The van der Waals surface area contributed by atoms with Crippen LogP contribution in [0.15, 0.2) is 18.2 Å². The molecule has 1 unspecified atom stereocenters. The summed E-state index contributed by atoms with van der Waals surface area (Å²) in [5.41, 5.74) is 1.45. The smallest absolute Gasteiger partial charge is 0.201 e. The Hall–Kier alpha value is -1.66. The molecule has 1 saturated heterocycles. The third-order valence-electron chi connectivity index (χ3n) is 2.95. The average molecular weight is 250 g/mol. The quantitative estimate of drug-likeness (QED) is 0.763. The van der Waals surface area contributed by atoms with Crippen LogP contribution < -0.4 is 10.6 Å². The van der Waals surface area contributed by atoms with Gasteiger partial charge in [0.05, 0.1) is 23.7 Å². The maximum Gasteiger partial charge on any atom is 0.201 e. The molecular weight excluding hydrogens is 235 g/mol. The van der Waals surface area contributed by atoms with Gasteiger partial charge in [-0.3, -0.25) is 0 Å². The molecule has 0 amide bonds. The van der Waals surface area contributed by atoms with E-state index in [0.717, 1.165) is 25.2 Å². The van der Waals surface area contributed by atoms with Gasteiger partial charge in [0.15, 0.2) is 0 Å². The van der Waals surface area contributed by atoms with Gasteiger partial charge in [0.1, 0.15) is 5.82 Å². The first-order valence-corrected chi connectivity index (χ1v) is 6.03. The van der Waals surface area contributed by atoms with Gasteiger partial charge in [0.25, 0.3) is 0 Å². The Balaban J connectivity index is 1.67. The average Bonchev–Trinajstić information content (AvgIpc) is 2.79. The fourth-order valence-corrected chi connectivity index (χ4v) is 2.03. The van der Waals surface area contributed by atoms with Gasteiger partial charge < -0.3 is 20.4 Å². The van der Waals surface area contributed by atoms with E-state index in [-0.39, 0.29) is 11.9 Å². The summed E-state index contributed by atoms with van der Waals surface area (Å²) in [4.78, 5) is 7.37. The summed E-state index contributed by atoms with van der Waals surface area (Å²) in [6, 6.07) is 4.50. The second-order valence-electron chi connectivity index (χ2n) is 4.32. The number of imidazole rings is 1. The van der Waals surface area contributed by atoms with Gasteiger partial charge in [-0.15, -0.1) is 0 Å². The summed E-state index contributed by atoms with van der Waals surface area (Å²) < 4.78 is 18.6. The molecule has 0 bridgehead atoms. The number of rotatable bonds is 3. The largest absolute Gasteiger partial charge is 0.374 e. The lowest BCUT2D eigenvalue weighted by Gasteiger charge is -2.23. The van der Waals surface area contributed by atoms with E-state index in [0.29, 0.717) is 18.0 Å². The Morgan fingerprint density at radius 1 is 1.50 bits per heavy atom. The highest BCUT2D eigenvalue weighted by Gasteiger charge is 2.13. The zero-order valence-electron chi connectivity index (χ0n) is 9.87. The van der Waals surface area contributed by atoms with Crippen molar-refractivity contribution >= 4 is 17.0 Å². The predicted molar refractivity (Wildman–Crippen MR) is 67.2 cm³/mol. The molecule has 96 valence electrons. The van der Waals surface area contributed by atoms with E-state index in [9.17, 15) is 4.39 Å². The van der Waals surface area contributed by atoms with Crippen LogP contribution in [-0.2, 0) is 4.74 Å². The van der Waals surface area contributed by atoms with Gasteiger partial charge in [0, 0.05) is 19.6 Å². The van der Waals surface area contributed by atoms with E-state index in [4.69, 9.17) is 4.74 Å². The number of aromatic nitrogens is 2. The lowest BCUT2D eigenvalue weighted by atomic mass is 10.3. The van der Waals surface area contributed by atoms with Crippen molar-refractivity contribution in [3.63, 3.8) is 0 Å². The number of anilines is 1. The molecule has 0 aliphatic carbocycles. The highest BCUT2D eigenvalue weighted by molar-refractivity contribution is 5.77. The standard InChI is InChI=1S/C12H15FN4O/c13-8-1-2-10-11(5-8)17-12(16-10)15-7-9-6-14-3-4-18-9/h1-2,5,9,14H,3-4,6-7H2,(H2,15,16,17). The van der Waals surface area contributed by atoms with E-state index in [1.807, 2.05) is 0 Å². The van der Waals surface area contributed by atoms with Crippen molar-refractivity contribution in [1.29, 1.82) is 0 Å². The summed E-state index contributed by atoms with van der Waals surface area (Å²) in [6.45, 7) is 3.15. The molecule has 0 saturated carbocycles. The fourth-order valence-electron chi connectivity index (χ4n) is 2.03. The number of benzene rings is 1. The van der Waals surface area contributed by atoms with Crippen molar-refractivity contribution in [2.45, 2.75) is 6.10 Å². The van der Waals surface area contributed by atoms with Gasteiger partial charge in [-0.2, -0.15) is 0 Å². The van der Waals surface area contributed by atoms with Gasteiger partial charge in [0.2, 0.25) is 5.95 Å². The van der Waals surface area contributed by atoms with Crippen LogP contribution in [0.3, 0.4) is 0 Å². The molecule has 1 atom stereocenters. The maximum atomic E-state index is 13.0. The first kappa shape index (κ1) is 11.4. The summed E-state index contributed by atoms with van der Waals surface area (Å²) in [7, 11) is 0. The molecule has 1 aliphatic heterocycles. The van der Waals surface area contributed by atoms with E-state index < -0.39 is 0 Å². The highest BCUT2D eigenvalue weighted by atomic mass is 19.1. The molecule has 3 rings (SSSR count). The first-order chi connectivity index (χ1) is 8.81. The Bertz CT molecular complexity index is 536. The molecular formula is C12H15FN4O. The first-order valence-electron chi connectivity index (χ1n) is 6.03. The second-order valence-corrected chi connectivity index (χ2v) is 4.32. The topological polar surface area (TPSA) is 62.0 Å². The normalized spacial score (nSPS) is 20.2. The molecule has 1 aromatic heterocycles. The predicted octanol–water partition coefficient (Wildman–Crippen LogP) is 1.10. The van der Waals surface area contributed by atoms with Crippen LogP contribution >= 0.6 is 0 Å². The Kier molecular flexibility index (Phi) is 3.12. The molecule has 1 fully saturated rings. The molecule has 6 heteroatoms. The van der Waals surface area contributed by atoms with Crippen molar-refractivity contribution in [3.8, 4) is 0 Å². The Morgan fingerprint density at radius 3 is 3.28 bits per heavy atom. The molecule has 0 radical (unpaired) electrons. The lowest BCUT2D eigenvalue weighted by Crippen LogP contribution is -2.42. The zero-order chi connectivity index (χ0) is 12.4. The molecule has 5 nitrogen and oxygen atoms in total. The van der Waals surface area contributed by atoms with Crippen molar-refractivity contribution < 1.29 is 9.13 Å². The van der Waals surface area contributed by atoms with Crippen LogP contribution in [0.25, 0.3) is 11.0 Å². The number of morpholine rings is 1. The van der Waals surface area contributed by atoms with E-state index in [2.05, 4.69) is 20.6 Å². The molecule has 1 aliphatic rings. The zero-order valence-corrected chi connectivity index (χ0v) is 9.87. The number of ether oxygens (including phenoxy) is 1. The Labute approximate surface area is 104 Å². The van der Waals surface area contributed by atoms with Crippen molar-refractivity contribution in [2.75, 3.05) is 31.6 Å². The minimum Gasteiger partial charge on any atom is -0.374 e. The van der Waals surface area contributed by atoms with Crippen molar-refractivity contribution in [3.05, 3.63) is 24.0 Å². The van der Waals surface area contributed by atoms with Gasteiger partial charge >= 0.3 is 0 Å². The van der Waals surface area contributed by atoms with Crippen LogP contribution in [-0.4, -0.2) is 42.3 Å². The Morgan fingerprint density at radius 2 is 2.44 bits per heavy atom. The summed E-state index contributed by atoms with van der Waals surface area (Å²) in [5, 5.41) is 6.43. The van der Waals surface area contributed by atoms with Crippen LogP contribution in [0.4, 0.5) is 10.3 Å². The molecule has 2 heterocycles. The van der Waals surface area contributed by atoms with Gasteiger partial charge in [-0.25, -0.2) is 9.37 Å². The third kappa shape index (κ3) is 2.44. The summed E-state index contributed by atoms with van der Waals surface area (Å²) >= 11 is 0. The minimum absolute atomic E-state index is 0.142. The van der Waals surface area contributed by atoms with Crippen molar-refractivity contribution in [2.24, 2.45) is 0 Å². The van der Waals surface area contributed by atoms with Crippen LogP contribution in [0.1, 0.15) is 0 Å². The number of nitrogens with zero attached hydrogens (tertiary/aromatic N) is 1. The van der Waals surface area contributed by atoms with Crippen molar-refractivity contribution in [1.82, 2.24) is 15.3 Å². The molecule has 2 aromatic rings. The monoisotopic (exact) mass is 250 g/mol. The molecule has 3 N–H and O–H groups in total. The van der Waals surface area contributed by atoms with Crippen LogP contribution in [0, 0.1) is 5.82 Å². The van der Waals surface area contributed by atoms with E-state index >= 15 is 0 Å². The number of hydrogen-bond donors (Lipinski definition) is 3. The molecule has 18 heavy (non-hydrogen) atoms. The second kappa shape index (κ2) is 4.91. The summed E-state index contributed by atoms with van der Waals surface area (Å²) in [6.07, 6.45) is 0.142. The number of fused-ring (bicyclic) bond motifs is 1. The number of hydrogen-bond acceptors (Lipinski definition) is 4. The number of aromatic amines is 1. The number of nitrogens with one attached hydrogen (secondary N) is 3. The third-order valence-corrected chi connectivity index (χ3v) is 2.95. The van der Waals surface area contributed by atoms with E-state index in [1.165, 1.54) is 12.1 Å². The minimum atomic E-state index is -0.266.